The molecule has 2 N–H and O–H groups in total. The van der Waals surface area contributed by atoms with Crippen molar-refractivity contribution in [3.63, 3.8) is 0 Å². The fraction of sp³-hybridized carbons (Fsp3) is 0.375. The first-order valence-corrected chi connectivity index (χ1v) is 7.57. The molecule has 4 heteroatoms. The molecule has 0 aliphatic carbocycles. The van der Waals surface area contributed by atoms with E-state index in [1.54, 1.807) is 27.7 Å². The highest BCUT2D eigenvalue weighted by Gasteiger charge is 2.09. The Bertz CT molecular complexity index is 569. The van der Waals surface area contributed by atoms with Gasteiger partial charge in [0.25, 0.3) is 0 Å². The quantitative estimate of drug-likeness (QED) is 0.656. The normalized spacial score (nSPS) is 11.2. The van der Waals surface area contributed by atoms with Gasteiger partial charge < -0.3 is 10.2 Å². The second kappa shape index (κ2) is 6.33. The number of hydrogen-bond acceptors (Lipinski definition) is 2. The third-order valence-corrected chi connectivity index (χ3v) is 3.38. The molecule has 1 rings (SSSR count). The molecule has 0 aromatic heterocycles. The Hall–Kier alpha value is -0.780. The monoisotopic (exact) mass is 398 g/mol. The van der Waals surface area contributed by atoms with Crippen molar-refractivity contribution in [1.29, 1.82) is 0 Å². The Balaban J connectivity index is 3.21. The van der Waals surface area contributed by atoms with E-state index in [1.165, 1.54) is 0 Å². The van der Waals surface area contributed by atoms with Gasteiger partial charge in [0.1, 0.15) is 11.2 Å². The van der Waals surface area contributed by atoms with Crippen molar-refractivity contribution in [3.8, 4) is 23.7 Å². The zero-order chi connectivity index (χ0) is 15.6. The molecular formula is C16H16Br2O2. The highest BCUT2D eigenvalue weighted by molar-refractivity contribution is 9.11. The largest absolute Gasteiger partial charge is 0.378 e. The molecule has 1 aromatic carbocycles. The van der Waals surface area contributed by atoms with E-state index in [-0.39, 0.29) is 0 Å². The van der Waals surface area contributed by atoms with Crippen LogP contribution < -0.4 is 0 Å². The van der Waals surface area contributed by atoms with Gasteiger partial charge in [0.05, 0.1) is 0 Å². The molecule has 0 aliphatic heterocycles. The van der Waals surface area contributed by atoms with Crippen LogP contribution in [0.15, 0.2) is 21.1 Å². The number of hydrogen-bond donors (Lipinski definition) is 2. The van der Waals surface area contributed by atoms with Crippen molar-refractivity contribution in [3.05, 3.63) is 32.2 Å². The van der Waals surface area contributed by atoms with E-state index in [0.717, 1.165) is 20.1 Å². The van der Waals surface area contributed by atoms with E-state index in [2.05, 4.69) is 55.5 Å². The van der Waals surface area contributed by atoms with E-state index in [1.807, 2.05) is 12.1 Å². The lowest BCUT2D eigenvalue weighted by atomic mass is 10.1. The van der Waals surface area contributed by atoms with Gasteiger partial charge in [-0.15, -0.1) is 0 Å². The lowest BCUT2D eigenvalue weighted by Gasteiger charge is -2.08. The molecule has 20 heavy (non-hydrogen) atoms. The molecule has 0 spiro atoms. The van der Waals surface area contributed by atoms with Crippen LogP contribution in [0.2, 0.25) is 0 Å². The Morgan fingerprint density at radius 1 is 0.800 bits per heavy atom. The molecule has 2 nitrogen and oxygen atoms in total. The van der Waals surface area contributed by atoms with Gasteiger partial charge in [-0.2, -0.15) is 0 Å². The highest BCUT2D eigenvalue weighted by Crippen LogP contribution is 2.25. The van der Waals surface area contributed by atoms with Crippen molar-refractivity contribution in [1.82, 2.24) is 0 Å². The lowest BCUT2D eigenvalue weighted by molar-refractivity contribution is 0.143. The Labute approximate surface area is 136 Å². The van der Waals surface area contributed by atoms with Crippen LogP contribution in [0.4, 0.5) is 0 Å². The minimum atomic E-state index is -1.04. The third kappa shape index (κ3) is 6.11. The first-order valence-electron chi connectivity index (χ1n) is 5.98. The number of halogens is 2. The SMILES string of the molecule is CC(C)(O)C#Cc1cc(Br)c(C#CC(C)(C)O)cc1Br. The molecule has 1 aromatic rings. The van der Waals surface area contributed by atoms with E-state index in [4.69, 9.17) is 0 Å². The minimum Gasteiger partial charge on any atom is -0.378 e. The molecular weight excluding hydrogens is 384 g/mol. The summed E-state index contributed by atoms with van der Waals surface area (Å²) in [7, 11) is 0. The smallest absolute Gasteiger partial charge is 0.120 e. The zero-order valence-electron chi connectivity index (χ0n) is 11.8. The van der Waals surface area contributed by atoms with Gasteiger partial charge in [-0.1, -0.05) is 23.7 Å². The molecule has 106 valence electrons. The summed E-state index contributed by atoms with van der Waals surface area (Å²) >= 11 is 6.87. The number of rotatable bonds is 0. The lowest BCUT2D eigenvalue weighted by Crippen LogP contribution is -2.14. The summed E-state index contributed by atoms with van der Waals surface area (Å²) in [5, 5.41) is 19.2. The van der Waals surface area contributed by atoms with Crippen LogP contribution in [0.1, 0.15) is 38.8 Å². The van der Waals surface area contributed by atoms with Gasteiger partial charge >= 0.3 is 0 Å². The summed E-state index contributed by atoms with van der Waals surface area (Å²) in [6.07, 6.45) is 0. The van der Waals surface area contributed by atoms with Gasteiger partial charge in [0.2, 0.25) is 0 Å². The summed E-state index contributed by atoms with van der Waals surface area (Å²) in [4.78, 5) is 0. The fourth-order valence-electron chi connectivity index (χ4n) is 1.18. The number of benzene rings is 1. The molecule has 0 radical (unpaired) electrons. The Kier molecular flexibility index (Phi) is 5.46. The second-order valence-corrected chi connectivity index (χ2v) is 7.14. The molecule has 0 fully saturated rings. The summed E-state index contributed by atoms with van der Waals surface area (Å²) in [5.74, 6) is 11.4. The van der Waals surface area contributed by atoms with Crippen LogP contribution >= 0.6 is 31.9 Å². The molecule has 0 unspecified atom stereocenters. The summed E-state index contributed by atoms with van der Waals surface area (Å²) < 4.78 is 1.58. The summed E-state index contributed by atoms with van der Waals surface area (Å²) in [6, 6.07) is 3.66. The number of aliphatic hydroxyl groups is 2. The standard InChI is InChI=1S/C16H16Br2O2/c1-15(2,19)7-5-11-9-14(18)12(10-13(11)17)6-8-16(3,4)20/h9-10,19-20H,1-4H3. The van der Waals surface area contributed by atoms with Gasteiger partial charge in [-0.3, -0.25) is 0 Å². The average molecular weight is 400 g/mol. The van der Waals surface area contributed by atoms with Gasteiger partial charge in [0, 0.05) is 20.1 Å². The first-order chi connectivity index (χ1) is 8.98. The predicted molar refractivity (Wildman–Crippen MR) is 88.2 cm³/mol. The van der Waals surface area contributed by atoms with Crippen LogP contribution in [-0.4, -0.2) is 21.4 Å². The van der Waals surface area contributed by atoms with Crippen molar-refractivity contribution in [2.24, 2.45) is 0 Å². The third-order valence-electron chi connectivity index (χ3n) is 2.06. The maximum Gasteiger partial charge on any atom is 0.120 e. The molecule has 0 amide bonds. The van der Waals surface area contributed by atoms with Gasteiger partial charge in [0.15, 0.2) is 0 Å². The van der Waals surface area contributed by atoms with Crippen molar-refractivity contribution in [2.75, 3.05) is 0 Å². The predicted octanol–water partition coefficient (Wildman–Crippen LogP) is 3.46. The van der Waals surface area contributed by atoms with Gasteiger partial charge in [-0.25, -0.2) is 0 Å². The Morgan fingerprint density at radius 2 is 1.10 bits per heavy atom. The fourth-order valence-corrected chi connectivity index (χ4v) is 2.06. The molecule has 0 saturated heterocycles. The minimum absolute atomic E-state index is 0.757. The van der Waals surface area contributed by atoms with Crippen LogP contribution in [0.25, 0.3) is 0 Å². The van der Waals surface area contributed by atoms with E-state index < -0.39 is 11.2 Å². The average Bonchev–Trinajstić information content (AvgIpc) is 2.25. The first kappa shape index (κ1) is 17.3. The molecule has 0 saturated carbocycles. The topological polar surface area (TPSA) is 40.5 Å². The van der Waals surface area contributed by atoms with E-state index >= 15 is 0 Å². The maximum absolute atomic E-state index is 9.62. The summed E-state index contributed by atoms with van der Waals surface area (Å²) in [5.41, 5.74) is -0.558. The van der Waals surface area contributed by atoms with Crippen LogP contribution in [-0.2, 0) is 0 Å². The van der Waals surface area contributed by atoms with Crippen molar-refractivity contribution < 1.29 is 10.2 Å². The van der Waals surface area contributed by atoms with Crippen molar-refractivity contribution >= 4 is 31.9 Å². The molecule has 0 bridgehead atoms. The van der Waals surface area contributed by atoms with Gasteiger partial charge in [-0.05, 0) is 71.7 Å². The van der Waals surface area contributed by atoms with E-state index in [0.29, 0.717) is 0 Å². The molecule has 0 heterocycles. The Morgan fingerprint density at radius 3 is 1.35 bits per heavy atom. The maximum atomic E-state index is 9.62. The van der Waals surface area contributed by atoms with E-state index in [9.17, 15) is 10.2 Å². The zero-order valence-corrected chi connectivity index (χ0v) is 15.0. The van der Waals surface area contributed by atoms with Crippen LogP contribution in [0.5, 0.6) is 0 Å². The van der Waals surface area contributed by atoms with Crippen LogP contribution in [0.3, 0.4) is 0 Å². The summed E-state index contributed by atoms with van der Waals surface area (Å²) in [6.45, 7) is 6.52. The van der Waals surface area contributed by atoms with Crippen LogP contribution in [0, 0.1) is 23.7 Å². The molecule has 0 atom stereocenters. The van der Waals surface area contributed by atoms with Crippen molar-refractivity contribution in [2.45, 2.75) is 38.9 Å². The second-order valence-electron chi connectivity index (χ2n) is 5.43. The molecule has 0 aliphatic rings. The highest BCUT2D eigenvalue weighted by atomic mass is 79.9.